The molecule has 108 valence electrons. The molecule has 21 heavy (non-hydrogen) atoms. The molecule has 0 aromatic carbocycles. The summed E-state index contributed by atoms with van der Waals surface area (Å²) in [6.45, 7) is 2.04. The number of aryl methyl sites for hydroxylation is 1. The van der Waals surface area contributed by atoms with Crippen LogP contribution >= 0.6 is 22.9 Å². The van der Waals surface area contributed by atoms with Gasteiger partial charge in [-0.1, -0.05) is 18.5 Å². The fourth-order valence-electron chi connectivity index (χ4n) is 2.11. The number of aromatic amines is 1. The minimum Gasteiger partial charge on any atom is -0.308 e. The smallest absolute Gasteiger partial charge is 0.268 e. The lowest BCUT2D eigenvalue weighted by molar-refractivity contribution is 0.649. The molecule has 3 rings (SSSR count). The Kier molecular flexibility index (Phi) is 3.60. The minimum absolute atomic E-state index is 0.160. The molecule has 0 fully saturated rings. The van der Waals surface area contributed by atoms with Gasteiger partial charge in [-0.2, -0.15) is 0 Å². The summed E-state index contributed by atoms with van der Waals surface area (Å²) < 4.78 is 2.04. The highest BCUT2D eigenvalue weighted by atomic mass is 35.5. The van der Waals surface area contributed by atoms with Gasteiger partial charge in [-0.3, -0.25) is 14.2 Å². The summed E-state index contributed by atoms with van der Waals surface area (Å²) in [7, 11) is 0. The van der Waals surface area contributed by atoms with E-state index in [1.165, 1.54) is 22.0 Å². The molecule has 6 nitrogen and oxygen atoms in total. The van der Waals surface area contributed by atoms with E-state index < -0.39 is 0 Å². The molecule has 0 unspecified atom stereocenters. The second-order valence-corrected chi connectivity index (χ2v) is 5.72. The molecule has 0 aliphatic carbocycles. The summed E-state index contributed by atoms with van der Waals surface area (Å²) in [5.74, 6) is 0.979. The molecule has 0 amide bonds. The summed E-state index contributed by atoms with van der Waals surface area (Å²) in [6.07, 6.45) is 0.556. The second kappa shape index (κ2) is 5.42. The molecule has 3 aromatic heterocycles. The maximum Gasteiger partial charge on any atom is 0.268 e. The fraction of sp³-hybridized carbons (Fsp3) is 0.231. The highest BCUT2D eigenvalue weighted by molar-refractivity contribution is 7.17. The quantitative estimate of drug-likeness (QED) is 0.746. The summed E-state index contributed by atoms with van der Waals surface area (Å²) in [4.78, 5) is 35.2. The minimum atomic E-state index is -0.264. The Bertz CT molecular complexity index is 928. The molecular weight excluding hydrogens is 312 g/mol. The van der Waals surface area contributed by atoms with Crippen molar-refractivity contribution < 1.29 is 0 Å². The third-order valence-electron chi connectivity index (χ3n) is 3.04. The lowest BCUT2D eigenvalue weighted by Gasteiger charge is -2.10. The van der Waals surface area contributed by atoms with Crippen molar-refractivity contribution in [3.8, 4) is 0 Å². The number of halogens is 1. The Labute approximate surface area is 128 Å². The van der Waals surface area contributed by atoms with Crippen LogP contribution in [0.1, 0.15) is 18.6 Å². The largest absolute Gasteiger partial charge is 0.308 e. The first-order valence-corrected chi connectivity index (χ1v) is 7.57. The average molecular weight is 323 g/mol. The van der Waals surface area contributed by atoms with Gasteiger partial charge < -0.3 is 4.98 Å². The molecule has 0 aliphatic heterocycles. The Morgan fingerprint density at radius 3 is 2.95 bits per heavy atom. The van der Waals surface area contributed by atoms with E-state index in [1.807, 2.05) is 12.3 Å². The van der Waals surface area contributed by atoms with Crippen molar-refractivity contribution >= 4 is 33.2 Å². The van der Waals surface area contributed by atoms with Gasteiger partial charge in [0.25, 0.3) is 11.1 Å². The number of nitrogens with one attached hydrogen (secondary N) is 1. The van der Waals surface area contributed by atoms with Crippen LogP contribution in [-0.4, -0.2) is 19.5 Å². The zero-order valence-electron chi connectivity index (χ0n) is 11.1. The summed E-state index contributed by atoms with van der Waals surface area (Å²) in [6, 6.07) is 3.03. The first-order valence-electron chi connectivity index (χ1n) is 6.31. The zero-order chi connectivity index (χ0) is 15.0. The van der Waals surface area contributed by atoms with Crippen molar-refractivity contribution in [3.63, 3.8) is 0 Å². The van der Waals surface area contributed by atoms with Gasteiger partial charge in [-0.05, 0) is 11.4 Å². The third-order valence-corrected chi connectivity index (χ3v) is 4.14. The van der Waals surface area contributed by atoms with Gasteiger partial charge >= 0.3 is 0 Å². The molecule has 0 atom stereocenters. The summed E-state index contributed by atoms with van der Waals surface area (Å²) in [5.41, 5.74) is 0.171. The van der Waals surface area contributed by atoms with Crippen LogP contribution in [0.15, 0.2) is 27.1 Å². The van der Waals surface area contributed by atoms with Gasteiger partial charge in [0.15, 0.2) is 0 Å². The van der Waals surface area contributed by atoms with Crippen LogP contribution in [0.25, 0.3) is 10.2 Å². The first kappa shape index (κ1) is 14.0. The predicted molar refractivity (Wildman–Crippen MR) is 82.2 cm³/mol. The van der Waals surface area contributed by atoms with Crippen molar-refractivity contribution in [1.82, 2.24) is 19.5 Å². The Hall–Kier alpha value is -1.99. The molecule has 0 bridgehead atoms. The molecule has 0 saturated carbocycles. The molecule has 3 aromatic rings. The van der Waals surface area contributed by atoms with Crippen LogP contribution in [0.3, 0.4) is 0 Å². The Morgan fingerprint density at radius 2 is 2.19 bits per heavy atom. The summed E-state index contributed by atoms with van der Waals surface area (Å²) in [5, 5.41) is 1.98. The van der Waals surface area contributed by atoms with E-state index in [1.54, 1.807) is 6.07 Å². The molecule has 0 spiro atoms. The number of rotatable bonds is 3. The van der Waals surface area contributed by atoms with Gasteiger partial charge in [0.05, 0.1) is 12.1 Å². The number of hydrogen-bond acceptors (Lipinski definition) is 5. The van der Waals surface area contributed by atoms with Crippen molar-refractivity contribution in [2.45, 2.75) is 19.9 Å². The van der Waals surface area contributed by atoms with Crippen LogP contribution in [0, 0.1) is 0 Å². The summed E-state index contributed by atoms with van der Waals surface area (Å²) >= 11 is 7.13. The fourth-order valence-corrected chi connectivity index (χ4v) is 3.02. The Balaban J connectivity index is 2.10. The highest BCUT2D eigenvalue weighted by Gasteiger charge is 2.10. The molecule has 0 saturated heterocycles. The maximum absolute atomic E-state index is 12.0. The van der Waals surface area contributed by atoms with Gasteiger partial charge in [0.1, 0.15) is 21.5 Å². The Morgan fingerprint density at radius 1 is 1.38 bits per heavy atom. The average Bonchev–Trinajstić information content (AvgIpc) is 2.90. The third kappa shape index (κ3) is 2.62. The standard InChI is InChI=1S/C13H11ClN4O2S/c1-2-10-16-8(14)5-11(19)18(10)6-9-15-7-3-4-21-12(7)13(20)17-9/h3-5H,2,6H2,1H3,(H,15,17,20). The molecule has 8 heteroatoms. The number of H-pyrrole nitrogens is 1. The van der Waals surface area contributed by atoms with E-state index in [9.17, 15) is 9.59 Å². The molecule has 1 N–H and O–H groups in total. The van der Waals surface area contributed by atoms with Crippen molar-refractivity contribution in [3.05, 3.63) is 55.0 Å². The van der Waals surface area contributed by atoms with Crippen LogP contribution in [0.4, 0.5) is 0 Å². The number of fused-ring (bicyclic) bond motifs is 1. The van der Waals surface area contributed by atoms with Gasteiger partial charge in [-0.15, -0.1) is 11.3 Å². The molecule has 3 heterocycles. The highest BCUT2D eigenvalue weighted by Crippen LogP contribution is 2.14. The molecule has 0 aliphatic rings. The van der Waals surface area contributed by atoms with Crippen LogP contribution in [0.2, 0.25) is 5.15 Å². The van der Waals surface area contributed by atoms with Crippen molar-refractivity contribution in [2.24, 2.45) is 0 Å². The van der Waals surface area contributed by atoms with Crippen molar-refractivity contribution in [2.75, 3.05) is 0 Å². The van der Waals surface area contributed by atoms with E-state index in [0.29, 0.717) is 28.3 Å². The van der Waals surface area contributed by atoms with E-state index in [2.05, 4.69) is 15.0 Å². The SMILES string of the molecule is CCc1nc(Cl)cc(=O)n1Cc1nc2ccsc2c(=O)[nH]1. The lowest BCUT2D eigenvalue weighted by Crippen LogP contribution is -2.26. The van der Waals surface area contributed by atoms with E-state index in [-0.39, 0.29) is 22.8 Å². The van der Waals surface area contributed by atoms with E-state index in [4.69, 9.17) is 11.6 Å². The number of hydrogen-bond donors (Lipinski definition) is 1. The number of thiophene rings is 1. The molecule has 0 radical (unpaired) electrons. The first-order chi connectivity index (χ1) is 10.1. The lowest BCUT2D eigenvalue weighted by atomic mass is 10.4. The van der Waals surface area contributed by atoms with Gasteiger partial charge in [-0.25, -0.2) is 9.97 Å². The number of nitrogens with zero attached hydrogens (tertiary/aromatic N) is 3. The van der Waals surface area contributed by atoms with Crippen LogP contribution in [-0.2, 0) is 13.0 Å². The van der Waals surface area contributed by atoms with E-state index in [0.717, 1.165) is 0 Å². The normalized spacial score (nSPS) is 11.1. The van der Waals surface area contributed by atoms with Crippen LogP contribution < -0.4 is 11.1 Å². The zero-order valence-corrected chi connectivity index (χ0v) is 12.7. The topological polar surface area (TPSA) is 80.6 Å². The molecular formula is C13H11ClN4O2S. The van der Waals surface area contributed by atoms with Gasteiger partial charge in [0, 0.05) is 12.5 Å². The predicted octanol–water partition coefficient (Wildman–Crippen LogP) is 1.81. The monoisotopic (exact) mass is 322 g/mol. The number of aromatic nitrogens is 4. The van der Waals surface area contributed by atoms with E-state index >= 15 is 0 Å². The van der Waals surface area contributed by atoms with Gasteiger partial charge in [0.2, 0.25) is 0 Å². The van der Waals surface area contributed by atoms with Crippen LogP contribution in [0.5, 0.6) is 0 Å². The maximum atomic E-state index is 12.0. The van der Waals surface area contributed by atoms with Crippen molar-refractivity contribution in [1.29, 1.82) is 0 Å². The second-order valence-electron chi connectivity index (χ2n) is 4.42.